The van der Waals surface area contributed by atoms with Gasteiger partial charge in [0.2, 0.25) is 5.91 Å². The van der Waals surface area contributed by atoms with Crippen LogP contribution in [-0.4, -0.2) is 49.2 Å². The summed E-state index contributed by atoms with van der Waals surface area (Å²) in [6, 6.07) is 15.8. The zero-order chi connectivity index (χ0) is 20.0. The van der Waals surface area contributed by atoms with Crippen molar-refractivity contribution in [2.75, 3.05) is 33.3 Å². The average molecular weight is 383 g/mol. The van der Waals surface area contributed by atoms with Gasteiger partial charge in [-0.2, -0.15) is 0 Å². The minimum absolute atomic E-state index is 0.00216. The van der Waals surface area contributed by atoms with E-state index >= 15 is 0 Å². The summed E-state index contributed by atoms with van der Waals surface area (Å²) in [6.07, 6.45) is 1.74. The minimum Gasteiger partial charge on any atom is -0.496 e. The van der Waals surface area contributed by atoms with E-state index in [0.29, 0.717) is 25.8 Å². The first-order valence-corrected chi connectivity index (χ1v) is 9.91. The van der Waals surface area contributed by atoms with Crippen LogP contribution in [0.2, 0.25) is 0 Å². The Kier molecular flexibility index (Phi) is 6.70. The molecule has 1 heterocycles. The molecule has 1 amide bonds. The Labute approximate surface area is 167 Å². The number of piperidine rings is 1. The van der Waals surface area contributed by atoms with E-state index in [-0.39, 0.29) is 5.91 Å². The van der Waals surface area contributed by atoms with Crippen LogP contribution in [0.4, 0.5) is 0 Å². The molecule has 1 aliphatic heterocycles. The number of hydrogen-bond donors (Lipinski definition) is 2. The van der Waals surface area contributed by atoms with Gasteiger partial charge in [-0.1, -0.05) is 48.0 Å². The lowest BCUT2D eigenvalue weighted by Gasteiger charge is -2.38. The number of rotatable bonds is 7. The molecule has 1 aliphatic rings. The molecule has 28 heavy (non-hydrogen) atoms. The number of ether oxygens (including phenoxy) is 1. The fraction of sp³-hybridized carbons (Fsp3) is 0.435. The van der Waals surface area contributed by atoms with Crippen LogP contribution < -0.4 is 10.1 Å². The molecule has 0 atom stereocenters. The molecule has 2 aromatic carbocycles. The van der Waals surface area contributed by atoms with Crippen molar-refractivity contribution in [2.45, 2.75) is 31.8 Å². The molecule has 150 valence electrons. The predicted octanol–water partition coefficient (Wildman–Crippen LogP) is 2.65. The number of carbonyl (C=O) groups is 1. The van der Waals surface area contributed by atoms with Gasteiger partial charge in [0, 0.05) is 31.7 Å². The third-order valence-corrected chi connectivity index (χ3v) is 5.57. The fourth-order valence-electron chi connectivity index (χ4n) is 3.74. The second kappa shape index (κ2) is 9.22. The van der Waals surface area contributed by atoms with Crippen LogP contribution in [0.15, 0.2) is 48.5 Å². The van der Waals surface area contributed by atoms with Crippen molar-refractivity contribution in [2.24, 2.45) is 0 Å². The number of nitrogens with one attached hydrogen (secondary N) is 1. The summed E-state index contributed by atoms with van der Waals surface area (Å²) in [4.78, 5) is 14.5. The Morgan fingerprint density at radius 1 is 1.14 bits per heavy atom. The molecule has 2 aromatic rings. The zero-order valence-electron chi connectivity index (χ0n) is 16.8. The number of benzene rings is 2. The van der Waals surface area contributed by atoms with Crippen molar-refractivity contribution < 1.29 is 14.6 Å². The first-order valence-electron chi connectivity index (χ1n) is 9.91. The Bertz CT molecular complexity index is 781. The number of carbonyl (C=O) groups excluding carboxylic acids is 1. The normalized spacial score (nSPS) is 16.5. The molecule has 5 nitrogen and oxygen atoms in total. The van der Waals surface area contributed by atoms with Gasteiger partial charge in [-0.25, -0.2) is 0 Å². The van der Waals surface area contributed by atoms with Gasteiger partial charge in [0.05, 0.1) is 19.1 Å². The maximum absolute atomic E-state index is 12.2. The first-order chi connectivity index (χ1) is 13.5. The van der Waals surface area contributed by atoms with Crippen LogP contribution in [0, 0.1) is 6.92 Å². The van der Waals surface area contributed by atoms with Crippen molar-refractivity contribution in [3.63, 3.8) is 0 Å². The molecule has 0 spiro atoms. The highest BCUT2D eigenvalue weighted by atomic mass is 16.5. The van der Waals surface area contributed by atoms with Crippen molar-refractivity contribution in [3.8, 4) is 5.75 Å². The Morgan fingerprint density at radius 2 is 1.82 bits per heavy atom. The van der Waals surface area contributed by atoms with Gasteiger partial charge in [-0.05, 0) is 31.4 Å². The Balaban J connectivity index is 1.42. The second-order valence-corrected chi connectivity index (χ2v) is 7.58. The maximum Gasteiger partial charge on any atom is 0.224 e. The van der Waals surface area contributed by atoms with Gasteiger partial charge in [-0.15, -0.1) is 0 Å². The van der Waals surface area contributed by atoms with E-state index in [4.69, 9.17) is 4.74 Å². The molecule has 1 fully saturated rings. The number of likely N-dealkylation sites (tertiary alicyclic amines) is 1. The van der Waals surface area contributed by atoms with Gasteiger partial charge < -0.3 is 20.1 Å². The summed E-state index contributed by atoms with van der Waals surface area (Å²) in [5.74, 6) is 0.738. The number of para-hydroxylation sites is 1. The van der Waals surface area contributed by atoms with Crippen LogP contribution in [0.1, 0.15) is 29.5 Å². The molecule has 0 saturated carbocycles. The summed E-state index contributed by atoms with van der Waals surface area (Å²) in [5, 5.41) is 14.0. The van der Waals surface area contributed by atoms with Crippen LogP contribution in [0.3, 0.4) is 0 Å². The summed E-state index contributed by atoms with van der Waals surface area (Å²) in [6.45, 7) is 5.11. The quantitative estimate of drug-likeness (QED) is 0.773. The number of nitrogens with zero attached hydrogens (tertiary/aromatic N) is 1. The van der Waals surface area contributed by atoms with Gasteiger partial charge in [0.15, 0.2) is 0 Å². The highest BCUT2D eigenvalue weighted by molar-refractivity contribution is 5.79. The van der Waals surface area contributed by atoms with Crippen molar-refractivity contribution in [1.82, 2.24) is 10.2 Å². The van der Waals surface area contributed by atoms with Crippen molar-refractivity contribution in [3.05, 3.63) is 65.2 Å². The SMILES string of the molecule is COc1ccccc1CC(=O)NCCN1CCC(O)(c2ccc(C)cc2)CC1. The van der Waals surface area contributed by atoms with E-state index in [1.165, 1.54) is 5.56 Å². The lowest BCUT2D eigenvalue weighted by Crippen LogP contribution is -2.45. The van der Waals surface area contributed by atoms with E-state index in [1.807, 2.05) is 36.4 Å². The number of aryl methyl sites for hydroxylation is 1. The minimum atomic E-state index is -0.739. The highest BCUT2D eigenvalue weighted by Crippen LogP contribution is 2.32. The van der Waals surface area contributed by atoms with E-state index in [2.05, 4.69) is 29.3 Å². The molecule has 2 N–H and O–H groups in total. The monoisotopic (exact) mass is 382 g/mol. The molecule has 3 rings (SSSR count). The summed E-state index contributed by atoms with van der Waals surface area (Å²) in [5.41, 5.74) is 2.36. The average Bonchev–Trinajstić information content (AvgIpc) is 2.70. The molecule has 0 radical (unpaired) electrons. The maximum atomic E-state index is 12.2. The van der Waals surface area contributed by atoms with Crippen molar-refractivity contribution in [1.29, 1.82) is 0 Å². The van der Waals surface area contributed by atoms with E-state index in [9.17, 15) is 9.90 Å². The highest BCUT2D eigenvalue weighted by Gasteiger charge is 2.33. The number of amides is 1. The topological polar surface area (TPSA) is 61.8 Å². The number of hydrogen-bond acceptors (Lipinski definition) is 4. The molecule has 1 saturated heterocycles. The van der Waals surface area contributed by atoms with Crippen LogP contribution in [-0.2, 0) is 16.8 Å². The second-order valence-electron chi connectivity index (χ2n) is 7.58. The van der Waals surface area contributed by atoms with E-state index in [1.54, 1.807) is 7.11 Å². The summed E-state index contributed by atoms with van der Waals surface area (Å²) < 4.78 is 5.30. The third kappa shape index (κ3) is 5.12. The largest absolute Gasteiger partial charge is 0.496 e. The van der Waals surface area contributed by atoms with Crippen molar-refractivity contribution >= 4 is 5.91 Å². The standard InChI is InChI=1S/C23H30N2O3/c1-18-7-9-20(10-8-18)23(27)11-14-25(15-12-23)16-13-24-22(26)17-19-5-3-4-6-21(19)28-2/h3-10,27H,11-17H2,1-2H3,(H,24,26). The molecule has 0 aliphatic carbocycles. The fourth-order valence-corrected chi connectivity index (χ4v) is 3.74. The molecule has 0 unspecified atom stereocenters. The van der Waals surface area contributed by atoms with Crippen LogP contribution in [0.25, 0.3) is 0 Å². The zero-order valence-corrected chi connectivity index (χ0v) is 16.8. The smallest absolute Gasteiger partial charge is 0.224 e. The van der Waals surface area contributed by atoms with Crippen LogP contribution >= 0.6 is 0 Å². The third-order valence-electron chi connectivity index (χ3n) is 5.57. The number of methoxy groups -OCH3 is 1. The number of aliphatic hydroxyl groups is 1. The predicted molar refractivity (Wildman–Crippen MR) is 110 cm³/mol. The van der Waals surface area contributed by atoms with Gasteiger partial charge >= 0.3 is 0 Å². The molecule has 5 heteroatoms. The summed E-state index contributed by atoms with van der Waals surface area (Å²) in [7, 11) is 1.62. The van der Waals surface area contributed by atoms with Gasteiger partial charge in [0.25, 0.3) is 0 Å². The molecular weight excluding hydrogens is 352 g/mol. The van der Waals surface area contributed by atoms with Gasteiger partial charge in [-0.3, -0.25) is 4.79 Å². The molecule has 0 bridgehead atoms. The van der Waals surface area contributed by atoms with Crippen LogP contribution in [0.5, 0.6) is 5.75 Å². The van der Waals surface area contributed by atoms with E-state index in [0.717, 1.165) is 36.5 Å². The molecular formula is C23H30N2O3. The Hall–Kier alpha value is -2.37. The lowest BCUT2D eigenvalue weighted by atomic mass is 9.84. The first kappa shape index (κ1) is 20.4. The molecule has 0 aromatic heterocycles. The Morgan fingerprint density at radius 3 is 2.50 bits per heavy atom. The summed E-state index contributed by atoms with van der Waals surface area (Å²) >= 11 is 0. The van der Waals surface area contributed by atoms with E-state index < -0.39 is 5.60 Å². The van der Waals surface area contributed by atoms with Gasteiger partial charge in [0.1, 0.15) is 5.75 Å². The lowest BCUT2D eigenvalue weighted by molar-refractivity contribution is -0.120.